The molecule has 9 aromatic rings. The van der Waals surface area contributed by atoms with E-state index in [9.17, 15) is 0 Å². The van der Waals surface area contributed by atoms with Crippen LogP contribution in [-0.4, -0.2) is 93.4 Å². The molecule has 0 saturated carbocycles. The maximum atomic E-state index is 7.30. The van der Waals surface area contributed by atoms with Gasteiger partial charge in [0, 0.05) is 143 Å². The molecular formula is C79H70Cl9N9O3. The minimum atomic E-state index is 0. The summed E-state index contributed by atoms with van der Waals surface area (Å²) in [6.07, 6.45) is 2.75. The molecule has 0 amide bonds. The van der Waals surface area contributed by atoms with E-state index in [2.05, 4.69) is 80.3 Å². The standard InChI is InChI=1S/3C26H22Cl3N3O.CH4/c3*1-30-20-7-8-21-23(10-13-33-26(21)15-20)31-11-12-32(24-9-6-19(28)14-22(24)29)25(16-31)17-2-4-18(27)5-3-17;/h3*2-9,14-15,23,25H,10-13,16H2;1H4/t23?,25-;23-,25+;23-,25-;/m010./s1. The average molecular weight is 1510 g/mol. The minimum Gasteiger partial charge on any atom is -0.494 e. The van der Waals surface area contributed by atoms with Crippen LogP contribution < -0.4 is 28.9 Å². The van der Waals surface area contributed by atoms with Gasteiger partial charge in [0.25, 0.3) is 0 Å². The van der Waals surface area contributed by atoms with Gasteiger partial charge in [-0.15, -0.1) is 0 Å². The minimum absolute atomic E-state index is 0. The van der Waals surface area contributed by atoms with E-state index in [1.54, 1.807) is 18.2 Å². The summed E-state index contributed by atoms with van der Waals surface area (Å²) in [7, 11) is 0. The lowest BCUT2D eigenvalue weighted by Gasteiger charge is -2.47. The molecule has 6 atom stereocenters. The van der Waals surface area contributed by atoms with Crippen molar-refractivity contribution >= 4 is 139 Å². The molecule has 100 heavy (non-hydrogen) atoms. The summed E-state index contributed by atoms with van der Waals surface area (Å²) in [6, 6.07) is 59.6. The molecule has 0 N–H and O–H groups in total. The highest BCUT2D eigenvalue weighted by Crippen LogP contribution is 2.48. The van der Waals surface area contributed by atoms with E-state index >= 15 is 0 Å². The molecule has 0 spiro atoms. The number of piperazine rings is 3. The fourth-order valence-corrected chi connectivity index (χ4v) is 16.5. The van der Waals surface area contributed by atoms with Crippen LogP contribution in [-0.2, 0) is 0 Å². The predicted molar refractivity (Wildman–Crippen MR) is 412 cm³/mol. The number of ether oxygens (including phenoxy) is 3. The number of hydrogen-bond acceptors (Lipinski definition) is 9. The molecule has 0 aliphatic carbocycles. The molecule has 15 rings (SSSR count). The first-order valence-corrected chi connectivity index (χ1v) is 36.1. The van der Waals surface area contributed by atoms with E-state index in [-0.39, 0.29) is 43.7 Å². The summed E-state index contributed by atoms with van der Waals surface area (Å²) >= 11 is 56.9. The van der Waals surface area contributed by atoms with Crippen LogP contribution in [0.25, 0.3) is 14.5 Å². The Kier molecular flexibility index (Phi) is 23.8. The van der Waals surface area contributed by atoms with E-state index < -0.39 is 0 Å². The van der Waals surface area contributed by atoms with E-state index in [1.807, 2.05) is 127 Å². The lowest BCUT2D eigenvalue weighted by Crippen LogP contribution is -2.50. The molecule has 21 heteroatoms. The van der Waals surface area contributed by atoms with Gasteiger partial charge in [-0.1, -0.05) is 185 Å². The number of benzene rings is 9. The molecule has 512 valence electrons. The topological polar surface area (TPSA) is 60.2 Å². The van der Waals surface area contributed by atoms with Gasteiger partial charge in [-0.3, -0.25) is 14.7 Å². The Bertz CT molecular complexity index is 4080. The zero-order valence-corrected chi connectivity index (χ0v) is 60.3. The van der Waals surface area contributed by atoms with Gasteiger partial charge in [0.1, 0.15) is 17.2 Å². The Morgan fingerprint density at radius 2 is 0.560 bits per heavy atom. The Hall–Kier alpha value is -7.26. The summed E-state index contributed by atoms with van der Waals surface area (Å²) in [5, 5.41) is 5.99. The number of anilines is 3. The maximum absolute atomic E-state index is 7.30. The first kappa shape index (κ1) is 72.5. The van der Waals surface area contributed by atoms with Crippen LogP contribution in [0, 0.1) is 19.7 Å². The second-order valence-electron chi connectivity index (χ2n) is 25.0. The first-order chi connectivity index (χ1) is 48.1. The maximum Gasteiger partial charge on any atom is 0.190 e. The monoisotopic (exact) mass is 1510 g/mol. The molecule has 6 aliphatic heterocycles. The molecule has 9 aromatic carbocycles. The molecule has 6 heterocycles. The molecular weight excluding hydrogens is 1440 g/mol. The summed E-state index contributed by atoms with van der Waals surface area (Å²) in [6.45, 7) is 31.5. The third kappa shape index (κ3) is 16.3. The Morgan fingerprint density at radius 1 is 0.300 bits per heavy atom. The number of hydrogen-bond donors (Lipinski definition) is 0. The van der Waals surface area contributed by atoms with Crippen LogP contribution in [0.3, 0.4) is 0 Å². The van der Waals surface area contributed by atoms with E-state index in [0.29, 0.717) is 67.0 Å². The fraction of sp³-hybridized carbons (Fsp3) is 0.278. The zero-order valence-electron chi connectivity index (χ0n) is 53.5. The summed E-state index contributed by atoms with van der Waals surface area (Å²) in [5.74, 6) is 2.47. The molecule has 6 aliphatic rings. The highest BCUT2D eigenvalue weighted by Gasteiger charge is 2.39. The van der Waals surface area contributed by atoms with Crippen molar-refractivity contribution in [3.8, 4) is 17.2 Å². The first-order valence-electron chi connectivity index (χ1n) is 32.7. The molecule has 12 nitrogen and oxygen atoms in total. The Balaban J connectivity index is 0.000000141. The van der Waals surface area contributed by atoms with E-state index in [4.69, 9.17) is 138 Å². The number of nitrogens with zero attached hydrogens (tertiary/aromatic N) is 9. The largest absolute Gasteiger partial charge is 0.494 e. The van der Waals surface area contributed by atoms with Crippen molar-refractivity contribution in [3.63, 3.8) is 0 Å². The summed E-state index contributed by atoms with van der Waals surface area (Å²) < 4.78 is 17.7. The Labute approximate surface area is 630 Å². The van der Waals surface area contributed by atoms with Crippen molar-refractivity contribution in [3.05, 3.63) is 295 Å². The second-order valence-corrected chi connectivity index (χ2v) is 28.9. The lowest BCUT2D eigenvalue weighted by molar-refractivity contribution is 0.117. The van der Waals surface area contributed by atoms with Crippen LogP contribution in [0.15, 0.2) is 182 Å². The van der Waals surface area contributed by atoms with Crippen molar-refractivity contribution in [2.24, 2.45) is 0 Å². The predicted octanol–water partition coefficient (Wildman–Crippen LogP) is 23.4. The van der Waals surface area contributed by atoms with Crippen molar-refractivity contribution in [2.75, 3.05) is 93.4 Å². The van der Waals surface area contributed by atoms with Crippen molar-refractivity contribution in [1.82, 2.24) is 14.7 Å². The van der Waals surface area contributed by atoms with Gasteiger partial charge in [-0.2, -0.15) is 0 Å². The highest BCUT2D eigenvalue weighted by molar-refractivity contribution is 6.38. The third-order valence-electron chi connectivity index (χ3n) is 19.4. The summed E-state index contributed by atoms with van der Waals surface area (Å²) in [4.78, 5) is 25.3. The number of halogens is 9. The van der Waals surface area contributed by atoms with Crippen LogP contribution in [0.5, 0.6) is 17.2 Å². The van der Waals surface area contributed by atoms with Crippen molar-refractivity contribution < 1.29 is 14.2 Å². The quantitative estimate of drug-likeness (QED) is 0.132. The van der Waals surface area contributed by atoms with Crippen LogP contribution >= 0.6 is 104 Å². The van der Waals surface area contributed by atoms with Crippen LogP contribution in [0.4, 0.5) is 34.1 Å². The SMILES string of the molecule is C.[C-]#[N+]c1ccc2c(c1)OCCC2N1CCN(c2ccc(Cl)cc2Cl)[C@H](c2ccc(Cl)cc2)C1.[C-]#[N+]c1ccc2c(c1)OCC[C@@H]2N1CCN(c2ccc(Cl)cc2Cl)[C@H](c2ccc(Cl)cc2)C1.[C-]#[N+]c1ccc2c(c1)OCC[C@H]2N1CCN(c2ccc(Cl)cc2Cl)[C@H](c2ccc(Cl)cc2)C1. The third-order valence-corrected chi connectivity index (χ3v) is 21.8. The Morgan fingerprint density at radius 3 is 0.810 bits per heavy atom. The molecule has 1 unspecified atom stereocenters. The normalized spacial score (nSPS) is 20.4. The van der Waals surface area contributed by atoms with Crippen LogP contribution in [0.2, 0.25) is 45.2 Å². The van der Waals surface area contributed by atoms with Gasteiger partial charge in [-0.05, 0) is 126 Å². The zero-order chi connectivity index (χ0) is 68.8. The second kappa shape index (κ2) is 32.8. The van der Waals surface area contributed by atoms with Gasteiger partial charge >= 0.3 is 0 Å². The van der Waals surface area contributed by atoms with Gasteiger partial charge in [0.15, 0.2) is 17.1 Å². The molecule has 0 bridgehead atoms. The van der Waals surface area contributed by atoms with Crippen molar-refractivity contribution in [2.45, 2.75) is 62.9 Å². The lowest BCUT2D eigenvalue weighted by atomic mass is 9.94. The molecule has 0 radical (unpaired) electrons. The number of fused-ring (bicyclic) bond motifs is 3. The average Bonchev–Trinajstić information content (AvgIpc) is 0.782. The summed E-state index contributed by atoms with van der Waals surface area (Å²) in [5.41, 5.74) is 11.8. The van der Waals surface area contributed by atoms with Gasteiger partial charge in [-0.25, -0.2) is 14.5 Å². The van der Waals surface area contributed by atoms with E-state index in [0.717, 1.165) is 144 Å². The molecule has 0 aromatic heterocycles. The van der Waals surface area contributed by atoms with Crippen LogP contribution in [0.1, 0.15) is 96.3 Å². The fourth-order valence-electron chi connectivity index (χ4n) is 14.6. The molecule has 3 saturated heterocycles. The van der Waals surface area contributed by atoms with E-state index in [1.165, 1.54) is 16.7 Å². The molecule has 3 fully saturated rings. The van der Waals surface area contributed by atoms with Gasteiger partial charge in [0.2, 0.25) is 0 Å². The number of rotatable bonds is 9. The van der Waals surface area contributed by atoms with Gasteiger partial charge < -0.3 is 28.9 Å². The smallest absolute Gasteiger partial charge is 0.190 e. The van der Waals surface area contributed by atoms with Gasteiger partial charge in [0.05, 0.1) is 89.8 Å². The van der Waals surface area contributed by atoms with Crippen molar-refractivity contribution in [1.29, 1.82) is 0 Å². The highest BCUT2D eigenvalue weighted by atomic mass is 35.5.